The Morgan fingerprint density at radius 2 is 2.12 bits per heavy atom. The number of nitrogens with zero attached hydrogens (tertiary/aromatic N) is 1. The smallest absolute Gasteiger partial charge is 0.268 e. The van der Waals surface area contributed by atoms with Crippen LogP contribution in [0.3, 0.4) is 0 Å². The number of hydrogen-bond donors (Lipinski definition) is 2. The number of aliphatic hydroxyl groups excluding tert-OH is 2. The molecule has 1 aliphatic heterocycles. The molecule has 24 heavy (non-hydrogen) atoms. The molecule has 0 bridgehead atoms. The molecule has 0 radical (unpaired) electrons. The van der Waals surface area contributed by atoms with Crippen LogP contribution in [0.5, 0.6) is 0 Å². The maximum atomic E-state index is 12.5. The molecule has 2 N–H and O–H groups in total. The van der Waals surface area contributed by atoms with Crippen molar-refractivity contribution in [2.75, 3.05) is 47.5 Å². The molecule has 0 saturated carbocycles. The second-order valence-electron chi connectivity index (χ2n) is 6.60. The van der Waals surface area contributed by atoms with Crippen molar-refractivity contribution >= 4 is 13.6 Å². The van der Waals surface area contributed by atoms with Crippen LogP contribution in [0.4, 0.5) is 0 Å². The molecule has 4 atom stereocenters. The number of quaternary nitrogens is 1. The van der Waals surface area contributed by atoms with E-state index in [9.17, 15) is 14.3 Å². The number of phosphoric ester groups is 1. The number of hydrogen-bond acceptors (Lipinski definition) is 9. The molecule has 1 aliphatic rings. The third-order valence-electron chi connectivity index (χ3n) is 3.12. The van der Waals surface area contributed by atoms with Crippen molar-refractivity contribution in [3.8, 4) is 0 Å². The van der Waals surface area contributed by atoms with E-state index in [2.05, 4.69) is 4.52 Å². The second kappa shape index (κ2) is 9.33. The summed E-state index contributed by atoms with van der Waals surface area (Å²) in [6.45, 7) is -0.885. The van der Waals surface area contributed by atoms with Crippen molar-refractivity contribution in [1.82, 2.24) is 0 Å². The van der Waals surface area contributed by atoms with Gasteiger partial charge in [0.25, 0.3) is 7.82 Å². The average molecular weight is 371 g/mol. The predicted octanol–water partition coefficient (Wildman–Crippen LogP) is -1.40. The number of rotatable bonds is 10. The highest BCUT2D eigenvalue weighted by atomic mass is 31.2. The third kappa shape index (κ3) is 8.11. The second-order valence-corrected chi connectivity index (χ2v) is 7.96. The maximum absolute atomic E-state index is 12.5. The molecule has 0 aromatic rings. The zero-order valence-electron chi connectivity index (χ0n) is 14.1. The van der Waals surface area contributed by atoms with Crippen LogP contribution in [-0.4, -0.2) is 86.3 Å². The Morgan fingerprint density at radius 3 is 2.62 bits per heavy atom. The summed E-state index contributed by atoms with van der Waals surface area (Å²) in [6, 6.07) is 0. The number of aliphatic hydroxyl groups is 2. The monoisotopic (exact) mass is 371 g/mol. The first kappa shape index (κ1) is 21.6. The van der Waals surface area contributed by atoms with Crippen molar-refractivity contribution in [1.29, 1.82) is 0 Å². The van der Waals surface area contributed by atoms with Gasteiger partial charge in [-0.2, -0.15) is 0 Å². The molecule has 3 unspecified atom stereocenters. The molecule has 11 heteroatoms. The molecule has 10 nitrogen and oxygen atoms in total. The molecule has 0 spiro atoms. The summed E-state index contributed by atoms with van der Waals surface area (Å²) in [7, 11) is 0.460. The fraction of sp³-hybridized carbons (Fsp3) is 0.923. The van der Waals surface area contributed by atoms with Gasteiger partial charge in [0.05, 0.1) is 41.0 Å². The first-order valence-electron chi connectivity index (χ1n) is 7.59. The first-order chi connectivity index (χ1) is 11.0. The maximum Gasteiger partial charge on any atom is 0.268 e. The van der Waals surface area contributed by atoms with E-state index >= 15 is 0 Å². The number of carbonyl (C=O) groups is 1. The lowest BCUT2D eigenvalue weighted by atomic mass is 10.0. The largest absolute Gasteiger partial charge is 0.756 e. The van der Waals surface area contributed by atoms with E-state index in [-0.39, 0.29) is 11.0 Å². The van der Waals surface area contributed by atoms with Crippen LogP contribution in [0.25, 0.3) is 0 Å². The Labute approximate surface area is 141 Å². The van der Waals surface area contributed by atoms with Gasteiger partial charge in [0.15, 0.2) is 18.0 Å². The zero-order chi connectivity index (χ0) is 18.4. The van der Waals surface area contributed by atoms with Crippen molar-refractivity contribution < 1.29 is 47.8 Å². The van der Waals surface area contributed by atoms with Crippen LogP contribution in [0, 0.1) is 0 Å². The van der Waals surface area contributed by atoms with Gasteiger partial charge in [-0.25, -0.2) is 9.78 Å². The quantitative estimate of drug-likeness (QED) is 0.270. The van der Waals surface area contributed by atoms with E-state index in [1.807, 2.05) is 0 Å². The lowest BCUT2D eigenvalue weighted by molar-refractivity contribution is -0.872. The van der Waals surface area contributed by atoms with Gasteiger partial charge in [0.2, 0.25) is 0 Å². The Kier molecular flexibility index (Phi) is 8.40. The van der Waals surface area contributed by atoms with Gasteiger partial charge >= 0.3 is 0 Å². The molecule has 1 heterocycles. The fourth-order valence-electron chi connectivity index (χ4n) is 1.99. The Hall–Kier alpha value is -0.420. The standard InChI is InChI=1S/C13H26NO9P/c1-14(2,3)7-12(13(17)11-5-4-6-20-22-11)23-24(18,19)21-9-10(16)8-15/h10-12,15-16H,4-9H2,1-3H3/t10-,11?,12?/m1/s1. The third-order valence-corrected chi connectivity index (χ3v) is 4.10. The van der Waals surface area contributed by atoms with Crippen molar-refractivity contribution in [3.05, 3.63) is 0 Å². The lowest BCUT2D eigenvalue weighted by Gasteiger charge is -2.34. The lowest BCUT2D eigenvalue weighted by Crippen LogP contribution is -2.49. The van der Waals surface area contributed by atoms with E-state index in [4.69, 9.17) is 24.5 Å². The summed E-state index contributed by atoms with van der Waals surface area (Å²) in [5.74, 6) is -0.551. The summed E-state index contributed by atoms with van der Waals surface area (Å²) >= 11 is 0. The number of ketones is 1. The van der Waals surface area contributed by atoms with Gasteiger partial charge < -0.3 is 28.6 Å². The van der Waals surface area contributed by atoms with Crippen LogP contribution in [0.15, 0.2) is 0 Å². The minimum atomic E-state index is -4.86. The van der Waals surface area contributed by atoms with Gasteiger partial charge in [-0.1, -0.05) is 0 Å². The minimum Gasteiger partial charge on any atom is -0.756 e. The summed E-state index contributed by atoms with van der Waals surface area (Å²) < 4.78 is 21.6. The zero-order valence-corrected chi connectivity index (χ0v) is 15.0. The van der Waals surface area contributed by atoms with Crippen LogP contribution in [0.1, 0.15) is 12.8 Å². The van der Waals surface area contributed by atoms with Crippen LogP contribution in [-0.2, 0) is 28.2 Å². The fourth-order valence-corrected chi connectivity index (χ4v) is 2.89. The van der Waals surface area contributed by atoms with E-state index in [0.717, 1.165) is 0 Å². The van der Waals surface area contributed by atoms with Crippen molar-refractivity contribution in [3.63, 3.8) is 0 Å². The Morgan fingerprint density at radius 1 is 1.46 bits per heavy atom. The SMILES string of the molecule is C[N+](C)(C)CC(OP(=O)([O-])OC[C@H](O)CO)C(=O)C1CCCOO1. The first-order valence-corrected chi connectivity index (χ1v) is 9.05. The molecule has 0 aromatic heterocycles. The predicted molar refractivity (Wildman–Crippen MR) is 79.5 cm³/mol. The molecule has 0 aliphatic carbocycles. The Balaban J connectivity index is 2.77. The average Bonchev–Trinajstić information content (AvgIpc) is 2.50. The number of likely N-dealkylation sites (N-methyl/N-ethyl adjacent to an activating group) is 1. The number of carbonyl (C=O) groups excluding carboxylic acids is 1. The summed E-state index contributed by atoms with van der Waals surface area (Å²) in [6.07, 6.45) is -2.56. The van der Waals surface area contributed by atoms with E-state index in [1.165, 1.54) is 0 Å². The molecule has 1 fully saturated rings. The van der Waals surface area contributed by atoms with E-state index in [1.54, 1.807) is 21.1 Å². The van der Waals surface area contributed by atoms with Gasteiger partial charge in [0.1, 0.15) is 12.6 Å². The molecule has 142 valence electrons. The van der Waals surface area contributed by atoms with Gasteiger partial charge in [0, 0.05) is 0 Å². The molecule has 1 rings (SSSR count). The minimum absolute atomic E-state index is 0.0663. The number of Topliss-reactive ketones (excluding diaryl/α,β-unsaturated/α-hetero) is 1. The summed E-state index contributed by atoms with van der Waals surface area (Å²) in [5, 5.41) is 17.8. The molecule has 1 saturated heterocycles. The highest BCUT2D eigenvalue weighted by Gasteiger charge is 2.37. The molecule has 0 aromatic carbocycles. The summed E-state index contributed by atoms with van der Waals surface area (Å²) in [4.78, 5) is 34.1. The van der Waals surface area contributed by atoms with Crippen LogP contribution < -0.4 is 4.89 Å². The molecular weight excluding hydrogens is 345 g/mol. The summed E-state index contributed by atoms with van der Waals surface area (Å²) in [5.41, 5.74) is 0. The van der Waals surface area contributed by atoms with Crippen LogP contribution in [0.2, 0.25) is 0 Å². The van der Waals surface area contributed by atoms with Gasteiger partial charge in [-0.3, -0.25) is 9.36 Å². The highest BCUT2D eigenvalue weighted by molar-refractivity contribution is 7.45. The normalized spacial score (nSPS) is 24.2. The van der Waals surface area contributed by atoms with Crippen LogP contribution >= 0.6 is 7.82 Å². The van der Waals surface area contributed by atoms with Gasteiger partial charge in [-0.05, 0) is 12.8 Å². The van der Waals surface area contributed by atoms with E-state index in [0.29, 0.717) is 19.4 Å². The Bertz CT molecular complexity index is 447. The highest BCUT2D eigenvalue weighted by Crippen LogP contribution is 2.40. The number of phosphoric acid groups is 1. The van der Waals surface area contributed by atoms with Crippen molar-refractivity contribution in [2.45, 2.75) is 31.2 Å². The van der Waals surface area contributed by atoms with E-state index < -0.39 is 45.1 Å². The van der Waals surface area contributed by atoms with Gasteiger partial charge in [-0.15, -0.1) is 0 Å². The van der Waals surface area contributed by atoms with Crippen molar-refractivity contribution in [2.24, 2.45) is 0 Å². The molecular formula is C13H26NO9P. The topological polar surface area (TPSA) is 135 Å². The molecule has 0 amide bonds.